The molecular formula is C22H27N3O3S. The zero-order valence-corrected chi connectivity index (χ0v) is 18.1. The lowest BCUT2D eigenvalue weighted by Gasteiger charge is -2.36. The van der Waals surface area contributed by atoms with Gasteiger partial charge < -0.3 is 15.0 Å². The molecule has 1 atom stereocenters. The Labute approximate surface area is 176 Å². The van der Waals surface area contributed by atoms with Gasteiger partial charge in [0.15, 0.2) is 5.17 Å². The highest BCUT2D eigenvalue weighted by atomic mass is 32.2. The molecule has 0 spiro atoms. The molecule has 0 saturated carbocycles. The minimum Gasteiger partial charge on any atom is -0.466 e. The van der Waals surface area contributed by atoms with Crippen LogP contribution in [0.1, 0.15) is 45.2 Å². The lowest BCUT2D eigenvalue weighted by atomic mass is 9.94. The van der Waals surface area contributed by atoms with Crippen molar-refractivity contribution in [1.29, 1.82) is 0 Å². The van der Waals surface area contributed by atoms with Crippen molar-refractivity contribution in [3.63, 3.8) is 0 Å². The van der Waals surface area contributed by atoms with Gasteiger partial charge in [-0.25, -0.2) is 9.79 Å². The molecule has 1 aromatic rings. The fourth-order valence-electron chi connectivity index (χ4n) is 3.42. The fourth-order valence-corrected chi connectivity index (χ4v) is 4.38. The normalized spacial score (nSPS) is 18.4. The molecule has 3 rings (SSSR count). The summed E-state index contributed by atoms with van der Waals surface area (Å²) in [6.07, 6.45) is 1.18. The Morgan fingerprint density at radius 1 is 1.28 bits per heavy atom. The maximum absolute atomic E-state index is 12.6. The van der Waals surface area contributed by atoms with Crippen LogP contribution in [-0.2, 0) is 14.3 Å². The Morgan fingerprint density at radius 3 is 2.66 bits per heavy atom. The number of amidine groups is 1. The molecule has 7 heteroatoms. The van der Waals surface area contributed by atoms with Gasteiger partial charge in [-0.1, -0.05) is 55.9 Å². The summed E-state index contributed by atoms with van der Waals surface area (Å²) in [6.45, 7) is 6.74. The van der Waals surface area contributed by atoms with E-state index >= 15 is 0 Å². The van der Waals surface area contributed by atoms with Crippen LogP contribution in [0.2, 0.25) is 0 Å². The highest BCUT2D eigenvalue weighted by Crippen LogP contribution is 2.44. The van der Waals surface area contributed by atoms with Gasteiger partial charge in [0.2, 0.25) is 5.91 Å². The molecule has 0 saturated heterocycles. The van der Waals surface area contributed by atoms with Crippen molar-refractivity contribution in [2.75, 3.05) is 13.7 Å². The Hall–Kier alpha value is -2.54. The Bertz CT molecular complexity index is 875. The van der Waals surface area contributed by atoms with Gasteiger partial charge >= 0.3 is 5.97 Å². The van der Waals surface area contributed by atoms with E-state index in [9.17, 15) is 9.59 Å². The number of nitrogens with one attached hydrogen (secondary N) is 1. The summed E-state index contributed by atoms with van der Waals surface area (Å²) in [7, 11) is 1.38. The average molecular weight is 414 g/mol. The van der Waals surface area contributed by atoms with Gasteiger partial charge in [-0.2, -0.15) is 0 Å². The van der Waals surface area contributed by atoms with Crippen LogP contribution >= 0.6 is 11.8 Å². The molecule has 0 aliphatic carbocycles. The molecule has 1 unspecified atom stereocenters. The van der Waals surface area contributed by atoms with Crippen LogP contribution in [0.5, 0.6) is 0 Å². The molecule has 1 N–H and O–H groups in total. The Balaban J connectivity index is 1.88. The largest absolute Gasteiger partial charge is 0.466 e. The first-order valence-electron chi connectivity index (χ1n) is 9.76. The number of amides is 1. The molecule has 0 bridgehead atoms. The number of rotatable bonds is 7. The second-order valence-electron chi connectivity index (χ2n) is 7.50. The monoisotopic (exact) mass is 413 g/mol. The number of nitrogens with zero attached hydrogens (tertiary/aromatic N) is 2. The van der Waals surface area contributed by atoms with Gasteiger partial charge in [0, 0.05) is 12.2 Å². The van der Waals surface area contributed by atoms with Gasteiger partial charge in [-0.3, -0.25) is 4.79 Å². The van der Waals surface area contributed by atoms with Crippen molar-refractivity contribution >= 4 is 28.8 Å². The van der Waals surface area contributed by atoms with Gasteiger partial charge in [0.25, 0.3) is 0 Å². The third-order valence-electron chi connectivity index (χ3n) is 4.91. The van der Waals surface area contributed by atoms with Gasteiger partial charge in [-0.15, -0.1) is 0 Å². The first kappa shape index (κ1) is 21.2. The molecule has 0 fully saturated rings. The number of benzene rings is 1. The van der Waals surface area contributed by atoms with Gasteiger partial charge in [0.05, 0.1) is 30.8 Å². The van der Waals surface area contributed by atoms with Crippen molar-refractivity contribution in [2.24, 2.45) is 10.9 Å². The number of allylic oxidation sites excluding steroid dienone is 1. The van der Waals surface area contributed by atoms with E-state index in [2.05, 4.69) is 24.2 Å². The lowest BCUT2D eigenvalue weighted by Crippen LogP contribution is -2.38. The highest BCUT2D eigenvalue weighted by molar-refractivity contribution is 8.16. The van der Waals surface area contributed by atoms with Crippen molar-refractivity contribution < 1.29 is 14.3 Å². The van der Waals surface area contributed by atoms with E-state index in [1.807, 2.05) is 47.6 Å². The van der Waals surface area contributed by atoms with E-state index in [1.54, 1.807) is 0 Å². The Morgan fingerprint density at radius 2 is 2.00 bits per heavy atom. The third-order valence-corrected chi connectivity index (χ3v) is 5.80. The zero-order chi connectivity index (χ0) is 21.0. The summed E-state index contributed by atoms with van der Waals surface area (Å²) in [5.41, 5.74) is 2.92. The number of esters is 1. The van der Waals surface area contributed by atoms with Crippen LogP contribution in [0.4, 0.5) is 0 Å². The standard InChI is InChI=1S/C22H27N3O3S/c1-14(2)10-11-23-18(26)12-17-13-29-22-24-15(3)19(21(27)28-4)20(25(17)22)16-8-6-5-7-9-16/h5-9,13-14,20H,10-12H2,1-4H3,(H,23,26). The number of thioether (sulfide) groups is 1. The van der Waals surface area contributed by atoms with Crippen molar-refractivity contribution in [2.45, 2.75) is 39.7 Å². The van der Waals surface area contributed by atoms with Gasteiger partial charge in [0.1, 0.15) is 0 Å². The summed E-state index contributed by atoms with van der Waals surface area (Å²) < 4.78 is 5.05. The topological polar surface area (TPSA) is 71.0 Å². The van der Waals surface area contributed by atoms with E-state index in [0.717, 1.165) is 22.8 Å². The smallest absolute Gasteiger partial charge is 0.338 e. The van der Waals surface area contributed by atoms with Crippen LogP contribution in [0, 0.1) is 5.92 Å². The van der Waals surface area contributed by atoms with Crippen LogP contribution in [0.25, 0.3) is 0 Å². The molecule has 6 nitrogen and oxygen atoms in total. The number of carbonyl (C=O) groups excluding carboxylic acids is 2. The molecular weight excluding hydrogens is 386 g/mol. The predicted molar refractivity (Wildman–Crippen MR) is 116 cm³/mol. The van der Waals surface area contributed by atoms with E-state index in [-0.39, 0.29) is 18.4 Å². The quantitative estimate of drug-likeness (QED) is 0.685. The second-order valence-corrected chi connectivity index (χ2v) is 8.34. The van der Waals surface area contributed by atoms with E-state index in [0.29, 0.717) is 23.7 Å². The summed E-state index contributed by atoms with van der Waals surface area (Å²) in [4.78, 5) is 31.7. The van der Waals surface area contributed by atoms with E-state index < -0.39 is 5.97 Å². The fraction of sp³-hybridized carbons (Fsp3) is 0.409. The maximum Gasteiger partial charge on any atom is 0.338 e. The van der Waals surface area contributed by atoms with Crippen LogP contribution in [0.15, 0.2) is 57.7 Å². The molecule has 0 aromatic heterocycles. The van der Waals surface area contributed by atoms with Crippen molar-refractivity contribution in [3.05, 3.63) is 58.3 Å². The summed E-state index contributed by atoms with van der Waals surface area (Å²) in [5.74, 6) is 0.101. The summed E-state index contributed by atoms with van der Waals surface area (Å²) in [6, 6.07) is 9.40. The summed E-state index contributed by atoms with van der Waals surface area (Å²) >= 11 is 1.48. The van der Waals surface area contributed by atoms with Crippen LogP contribution in [0.3, 0.4) is 0 Å². The number of aliphatic imine (C=N–C) groups is 1. The molecule has 1 aromatic carbocycles. The maximum atomic E-state index is 12.6. The van der Waals surface area contributed by atoms with Crippen LogP contribution in [-0.4, -0.2) is 35.6 Å². The third kappa shape index (κ3) is 4.72. The SMILES string of the molecule is COC(=O)C1=C(C)N=C2SC=C(CC(=O)NCCC(C)C)N2C1c1ccccc1. The van der Waals surface area contributed by atoms with E-state index in [1.165, 1.54) is 18.9 Å². The molecule has 1 amide bonds. The molecule has 2 heterocycles. The predicted octanol–water partition coefficient (Wildman–Crippen LogP) is 3.99. The number of ether oxygens (including phenoxy) is 1. The van der Waals surface area contributed by atoms with Crippen molar-refractivity contribution in [1.82, 2.24) is 10.2 Å². The van der Waals surface area contributed by atoms with Crippen LogP contribution < -0.4 is 5.32 Å². The number of carbonyl (C=O) groups is 2. The molecule has 154 valence electrons. The molecule has 2 aliphatic heterocycles. The first-order chi connectivity index (χ1) is 13.9. The number of fused-ring (bicyclic) bond motifs is 1. The molecule has 29 heavy (non-hydrogen) atoms. The average Bonchev–Trinajstić information content (AvgIpc) is 3.08. The second kappa shape index (κ2) is 9.31. The minimum atomic E-state index is -0.406. The molecule has 0 radical (unpaired) electrons. The molecule has 2 aliphatic rings. The number of hydrogen-bond donors (Lipinski definition) is 1. The highest BCUT2D eigenvalue weighted by Gasteiger charge is 2.40. The van der Waals surface area contributed by atoms with Gasteiger partial charge in [-0.05, 0) is 30.2 Å². The first-order valence-corrected chi connectivity index (χ1v) is 10.6. The number of hydrogen-bond acceptors (Lipinski definition) is 6. The minimum absolute atomic E-state index is 0.0311. The number of methoxy groups -OCH3 is 1. The lowest BCUT2D eigenvalue weighted by molar-refractivity contribution is -0.136. The Kier molecular flexibility index (Phi) is 6.79. The van der Waals surface area contributed by atoms with E-state index in [4.69, 9.17) is 4.74 Å². The summed E-state index contributed by atoms with van der Waals surface area (Å²) in [5, 5.41) is 5.71. The zero-order valence-electron chi connectivity index (χ0n) is 17.3. The van der Waals surface area contributed by atoms with Crippen molar-refractivity contribution in [3.8, 4) is 0 Å².